The number of carbonyl (C=O) groups is 4. The van der Waals surface area contributed by atoms with Crippen molar-refractivity contribution in [3.8, 4) is 0 Å². The van der Waals surface area contributed by atoms with Crippen molar-refractivity contribution in [3.05, 3.63) is 12.2 Å². The SMILES string of the molecule is CNC(=O)[C@@H](NC(=O)[C@H](C(C)C)N(C)C(=O)CCCCCN1C(=O)C=CC1O)C(C)C. The van der Waals surface area contributed by atoms with Crippen LogP contribution in [0.3, 0.4) is 0 Å². The number of nitrogens with zero attached hydrogens (tertiary/aromatic N) is 2. The number of unbranched alkanes of at least 4 members (excludes halogenated alkanes) is 2. The average molecular weight is 439 g/mol. The summed E-state index contributed by atoms with van der Waals surface area (Å²) in [7, 11) is 3.14. The fourth-order valence-corrected chi connectivity index (χ4v) is 3.66. The molecule has 0 aromatic heterocycles. The normalized spacial score (nSPS) is 17.8. The first-order valence-corrected chi connectivity index (χ1v) is 11.0. The van der Waals surface area contributed by atoms with Gasteiger partial charge in [-0.1, -0.05) is 34.1 Å². The van der Waals surface area contributed by atoms with Gasteiger partial charge in [-0.05, 0) is 30.8 Å². The molecule has 0 bridgehead atoms. The number of likely N-dealkylation sites (N-methyl/N-ethyl adjacent to an activating group) is 2. The number of aliphatic hydroxyl groups excluding tert-OH is 1. The van der Waals surface area contributed by atoms with E-state index in [4.69, 9.17) is 0 Å². The molecule has 4 amide bonds. The van der Waals surface area contributed by atoms with E-state index in [0.717, 1.165) is 6.42 Å². The predicted molar refractivity (Wildman–Crippen MR) is 118 cm³/mol. The number of rotatable bonds is 12. The number of nitrogens with one attached hydrogen (secondary N) is 2. The third kappa shape index (κ3) is 7.65. The second-order valence-corrected chi connectivity index (χ2v) is 8.65. The summed E-state index contributed by atoms with van der Waals surface area (Å²) >= 11 is 0. The van der Waals surface area contributed by atoms with E-state index in [1.54, 1.807) is 7.05 Å². The van der Waals surface area contributed by atoms with Crippen molar-refractivity contribution in [2.45, 2.75) is 71.7 Å². The Hall–Kier alpha value is -2.42. The first kappa shape index (κ1) is 26.6. The minimum Gasteiger partial charge on any atom is -0.370 e. The van der Waals surface area contributed by atoms with Gasteiger partial charge in [0.25, 0.3) is 0 Å². The molecule has 0 radical (unpaired) electrons. The molecule has 1 aliphatic heterocycles. The van der Waals surface area contributed by atoms with Crippen LogP contribution in [0.25, 0.3) is 0 Å². The lowest BCUT2D eigenvalue weighted by molar-refractivity contribution is -0.142. The van der Waals surface area contributed by atoms with Gasteiger partial charge in [-0.15, -0.1) is 0 Å². The molecule has 31 heavy (non-hydrogen) atoms. The van der Waals surface area contributed by atoms with E-state index >= 15 is 0 Å². The number of amides is 4. The largest absolute Gasteiger partial charge is 0.370 e. The molecule has 0 aromatic rings. The summed E-state index contributed by atoms with van der Waals surface area (Å²) in [5.74, 6) is -1.17. The Labute approximate surface area is 185 Å². The summed E-state index contributed by atoms with van der Waals surface area (Å²) in [5, 5.41) is 15.0. The topological polar surface area (TPSA) is 119 Å². The van der Waals surface area contributed by atoms with Crippen LogP contribution in [0.15, 0.2) is 12.2 Å². The minimum atomic E-state index is -0.866. The molecule has 0 aromatic carbocycles. The Bertz CT molecular complexity index is 677. The van der Waals surface area contributed by atoms with Crippen LogP contribution in [0.2, 0.25) is 0 Å². The van der Waals surface area contributed by atoms with E-state index in [9.17, 15) is 24.3 Å². The lowest BCUT2D eigenvalue weighted by Gasteiger charge is -2.32. The number of hydrogen-bond donors (Lipinski definition) is 3. The number of carbonyl (C=O) groups excluding carboxylic acids is 4. The smallest absolute Gasteiger partial charge is 0.248 e. The van der Waals surface area contributed by atoms with Gasteiger partial charge in [0.2, 0.25) is 23.6 Å². The molecule has 1 rings (SSSR count). The molecular formula is C22H38N4O5. The van der Waals surface area contributed by atoms with Gasteiger partial charge in [0.05, 0.1) is 0 Å². The zero-order valence-electron chi connectivity index (χ0n) is 19.6. The van der Waals surface area contributed by atoms with Gasteiger partial charge >= 0.3 is 0 Å². The summed E-state index contributed by atoms with van der Waals surface area (Å²) in [6, 6.07) is -1.35. The van der Waals surface area contributed by atoms with Gasteiger partial charge in [0.15, 0.2) is 0 Å². The van der Waals surface area contributed by atoms with Crippen LogP contribution in [0.4, 0.5) is 0 Å². The zero-order valence-corrected chi connectivity index (χ0v) is 19.6. The molecule has 0 fully saturated rings. The highest BCUT2D eigenvalue weighted by atomic mass is 16.3. The van der Waals surface area contributed by atoms with Crippen LogP contribution in [-0.2, 0) is 19.2 Å². The molecule has 9 heteroatoms. The first-order chi connectivity index (χ1) is 14.5. The third-order valence-corrected chi connectivity index (χ3v) is 5.51. The molecule has 9 nitrogen and oxygen atoms in total. The summed E-state index contributed by atoms with van der Waals surface area (Å²) < 4.78 is 0. The van der Waals surface area contributed by atoms with Crippen LogP contribution >= 0.6 is 0 Å². The molecular weight excluding hydrogens is 400 g/mol. The van der Waals surface area contributed by atoms with Gasteiger partial charge in [-0.2, -0.15) is 0 Å². The van der Waals surface area contributed by atoms with Crippen molar-refractivity contribution < 1.29 is 24.3 Å². The fraction of sp³-hybridized carbons (Fsp3) is 0.727. The monoisotopic (exact) mass is 438 g/mol. The van der Waals surface area contributed by atoms with Gasteiger partial charge < -0.3 is 25.5 Å². The molecule has 3 N–H and O–H groups in total. The van der Waals surface area contributed by atoms with Gasteiger partial charge in [-0.3, -0.25) is 19.2 Å². The molecule has 0 spiro atoms. The maximum atomic E-state index is 12.9. The zero-order chi connectivity index (χ0) is 23.7. The van der Waals surface area contributed by atoms with E-state index in [-0.39, 0.29) is 41.9 Å². The minimum absolute atomic E-state index is 0.0890. The van der Waals surface area contributed by atoms with Crippen molar-refractivity contribution in [2.24, 2.45) is 11.8 Å². The molecule has 3 atom stereocenters. The Morgan fingerprint density at radius 3 is 2.23 bits per heavy atom. The highest BCUT2D eigenvalue weighted by molar-refractivity contribution is 5.92. The summed E-state index contributed by atoms with van der Waals surface area (Å²) in [6.45, 7) is 7.87. The van der Waals surface area contributed by atoms with Crippen LogP contribution in [0.5, 0.6) is 0 Å². The summed E-state index contributed by atoms with van der Waals surface area (Å²) in [6.07, 6.45) is 4.24. The van der Waals surface area contributed by atoms with Gasteiger partial charge in [0, 0.05) is 33.1 Å². The highest BCUT2D eigenvalue weighted by Crippen LogP contribution is 2.15. The van der Waals surface area contributed by atoms with Crippen LogP contribution < -0.4 is 10.6 Å². The van der Waals surface area contributed by atoms with E-state index in [2.05, 4.69) is 10.6 Å². The highest BCUT2D eigenvalue weighted by Gasteiger charge is 2.33. The van der Waals surface area contributed by atoms with Crippen LogP contribution in [0, 0.1) is 11.8 Å². The van der Waals surface area contributed by atoms with Gasteiger partial charge in [0.1, 0.15) is 18.3 Å². The fourth-order valence-electron chi connectivity index (χ4n) is 3.66. The summed E-state index contributed by atoms with van der Waals surface area (Å²) in [4.78, 5) is 52.1. The molecule has 0 aliphatic carbocycles. The van der Waals surface area contributed by atoms with Crippen LogP contribution in [0.1, 0.15) is 53.4 Å². The van der Waals surface area contributed by atoms with Crippen molar-refractivity contribution in [1.29, 1.82) is 0 Å². The number of hydrogen-bond acceptors (Lipinski definition) is 5. The lowest BCUT2D eigenvalue weighted by atomic mass is 9.98. The molecule has 1 aliphatic rings. The molecule has 1 heterocycles. The van der Waals surface area contributed by atoms with E-state index in [1.807, 2.05) is 27.7 Å². The van der Waals surface area contributed by atoms with Gasteiger partial charge in [-0.25, -0.2) is 0 Å². The quantitative estimate of drug-likeness (QED) is 0.386. The molecule has 0 saturated heterocycles. The van der Waals surface area contributed by atoms with E-state index in [1.165, 1.54) is 29.0 Å². The second-order valence-electron chi connectivity index (χ2n) is 8.65. The molecule has 0 saturated carbocycles. The summed E-state index contributed by atoms with van der Waals surface area (Å²) in [5.41, 5.74) is 0. The number of aliphatic hydroxyl groups is 1. The Balaban J connectivity index is 2.56. The van der Waals surface area contributed by atoms with Crippen molar-refractivity contribution in [3.63, 3.8) is 0 Å². The Kier molecular flexibility index (Phi) is 10.7. The Morgan fingerprint density at radius 2 is 1.74 bits per heavy atom. The maximum absolute atomic E-state index is 12.9. The van der Waals surface area contributed by atoms with E-state index in [0.29, 0.717) is 19.4 Å². The lowest BCUT2D eigenvalue weighted by Crippen LogP contribution is -2.56. The molecule has 176 valence electrons. The first-order valence-electron chi connectivity index (χ1n) is 11.0. The third-order valence-electron chi connectivity index (χ3n) is 5.51. The standard InChI is InChI=1S/C22H38N4O5/c1-14(2)19(21(30)23-5)24-22(31)20(15(3)4)25(6)16(27)10-8-7-9-13-26-17(28)11-12-18(26)29/h11-12,14-15,17,19-20,28H,7-10,13H2,1-6H3,(H,23,30)(H,24,31)/t17?,19-,20-/m0/s1. The Morgan fingerprint density at radius 1 is 1.10 bits per heavy atom. The second kappa shape index (κ2) is 12.4. The van der Waals surface area contributed by atoms with Crippen molar-refractivity contribution in [1.82, 2.24) is 20.4 Å². The average Bonchev–Trinajstić information content (AvgIpc) is 3.02. The van der Waals surface area contributed by atoms with E-state index < -0.39 is 18.3 Å². The van der Waals surface area contributed by atoms with Crippen molar-refractivity contribution in [2.75, 3.05) is 20.6 Å². The van der Waals surface area contributed by atoms with Crippen molar-refractivity contribution >= 4 is 23.6 Å². The van der Waals surface area contributed by atoms with Crippen LogP contribution in [-0.4, -0.2) is 77.5 Å². The molecule has 1 unspecified atom stereocenters. The maximum Gasteiger partial charge on any atom is 0.248 e. The predicted octanol–water partition coefficient (Wildman–Crippen LogP) is 0.633.